The number of ether oxygens (including phenoxy) is 1. The molecule has 0 bridgehead atoms. The van der Waals surface area contributed by atoms with Gasteiger partial charge < -0.3 is 15.0 Å². The lowest BCUT2D eigenvalue weighted by atomic mass is 9.89. The van der Waals surface area contributed by atoms with Gasteiger partial charge in [-0.1, -0.05) is 32.1 Å². The average Bonchev–Trinajstić information content (AvgIpc) is 3.19. The molecule has 1 unspecified atom stereocenters. The number of pyridine rings is 1. The maximum absolute atomic E-state index is 6.07. The van der Waals surface area contributed by atoms with Crippen LogP contribution in [0.5, 0.6) is 6.01 Å². The fourth-order valence-electron chi connectivity index (χ4n) is 4.51. The SMILES string of the molecule is CC(C)C1CCCN(c2nc(Nc3cc(-c4ccccn4)[nH]n3)nc(OC3=CC=CCC3)n2)CC1. The lowest BCUT2D eigenvalue weighted by molar-refractivity contribution is 0.351. The Morgan fingerprint density at radius 1 is 1.14 bits per heavy atom. The van der Waals surface area contributed by atoms with E-state index < -0.39 is 0 Å². The Balaban J connectivity index is 1.40. The third kappa shape index (κ3) is 5.85. The standard InChI is InChI=1S/C26H32N8O/c1-18(2)19-9-8-15-34(16-13-19)25-29-24(30-26(31-25)35-20-10-4-3-5-11-20)28-23-17-22(32-33-23)21-12-6-7-14-27-21/h3-4,6-7,10,12,14,17-19H,5,8-9,11,13,15-16H2,1-2H3,(H2,28,29,30,31,32,33). The summed E-state index contributed by atoms with van der Waals surface area (Å²) in [5.74, 6) is 3.90. The molecule has 0 radical (unpaired) electrons. The van der Waals surface area contributed by atoms with E-state index in [9.17, 15) is 0 Å². The zero-order chi connectivity index (χ0) is 24.0. The molecular weight excluding hydrogens is 440 g/mol. The minimum Gasteiger partial charge on any atom is -0.429 e. The van der Waals surface area contributed by atoms with Gasteiger partial charge in [-0.05, 0) is 55.7 Å². The van der Waals surface area contributed by atoms with Crippen LogP contribution >= 0.6 is 0 Å². The molecule has 0 aromatic carbocycles. The van der Waals surface area contributed by atoms with Crippen LogP contribution in [0.1, 0.15) is 46.0 Å². The van der Waals surface area contributed by atoms with Gasteiger partial charge in [0, 0.05) is 31.8 Å². The van der Waals surface area contributed by atoms with Gasteiger partial charge in [-0.3, -0.25) is 10.1 Å². The number of nitrogens with zero attached hydrogens (tertiary/aromatic N) is 6. The van der Waals surface area contributed by atoms with E-state index >= 15 is 0 Å². The van der Waals surface area contributed by atoms with Gasteiger partial charge in [0.05, 0.1) is 11.4 Å². The van der Waals surface area contributed by atoms with Crippen molar-refractivity contribution in [3.8, 4) is 17.4 Å². The third-order valence-corrected chi connectivity index (χ3v) is 6.56. The zero-order valence-corrected chi connectivity index (χ0v) is 20.3. The maximum Gasteiger partial charge on any atom is 0.328 e. The summed E-state index contributed by atoms with van der Waals surface area (Å²) in [6.45, 7) is 6.46. The quantitative estimate of drug-likeness (QED) is 0.479. The molecule has 35 heavy (non-hydrogen) atoms. The highest BCUT2D eigenvalue weighted by atomic mass is 16.5. The van der Waals surface area contributed by atoms with Gasteiger partial charge in [0.2, 0.25) is 11.9 Å². The summed E-state index contributed by atoms with van der Waals surface area (Å²) in [4.78, 5) is 20.6. The molecule has 2 N–H and O–H groups in total. The lowest BCUT2D eigenvalue weighted by Gasteiger charge is -2.22. The number of hydrogen-bond donors (Lipinski definition) is 2. The van der Waals surface area contributed by atoms with Crippen molar-refractivity contribution in [3.05, 3.63) is 54.4 Å². The van der Waals surface area contributed by atoms with Crippen LogP contribution in [0.25, 0.3) is 11.4 Å². The highest BCUT2D eigenvalue weighted by molar-refractivity contribution is 5.61. The first-order chi connectivity index (χ1) is 17.1. The minimum atomic E-state index is 0.296. The molecule has 1 aliphatic carbocycles. The minimum absolute atomic E-state index is 0.296. The number of aromatic amines is 1. The number of anilines is 3. The van der Waals surface area contributed by atoms with Crippen molar-refractivity contribution in [2.45, 2.75) is 46.0 Å². The number of allylic oxidation sites excluding steroid dienone is 4. The van der Waals surface area contributed by atoms with Gasteiger partial charge in [-0.25, -0.2) is 0 Å². The van der Waals surface area contributed by atoms with Crippen molar-refractivity contribution in [3.63, 3.8) is 0 Å². The van der Waals surface area contributed by atoms with E-state index in [2.05, 4.69) is 50.3 Å². The van der Waals surface area contributed by atoms with Crippen LogP contribution in [0.2, 0.25) is 0 Å². The molecule has 9 nitrogen and oxygen atoms in total. The van der Waals surface area contributed by atoms with Crippen LogP contribution in [0, 0.1) is 11.8 Å². The Labute approximate surface area is 205 Å². The third-order valence-electron chi connectivity index (χ3n) is 6.56. The Kier molecular flexibility index (Phi) is 7.02. The summed E-state index contributed by atoms with van der Waals surface area (Å²) in [6.07, 6.45) is 13.1. The number of H-pyrrole nitrogens is 1. The number of aromatic nitrogens is 6. The second-order valence-electron chi connectivity index (χ2n) is 9.37. The molecule has 5 rings (SSSR count). The van der Waals surface area contributed by atoms with Crippen LogP contribution in [0.15, 0.2) is 54.4 Å². The summed E-state index contributed by atoms with van der Waals surface area (Å²) in [7, 11) is 0. The van der Waals surface area contributed by atoms with Gasteiger partial charge >= 0.3 is 6.01 Å². The zero-order valence-electron chi connectivity index (χ0n) is 20.3. The van der Waals surface area contributed by atoms with Crippen LogP contribution in [0.4, 0.5) is 17.7 Å². The molecule has 0 amide bonds. The Bertz CT molecular complexity index is 1190. The molecule has 3 aromatic rings. The summed E-state index contributed by atoms with van der Waals surface area (Å²) in [5, 5.41) is 10.6. The second-order valence-corrected chi connectivity index (χ2v) is 9.37. The van der Waals surface area contributed by atoms with Crippen LogP contribution in [-0.4, -0.2) is 43.2 Å². The molecule has 4 heterocycles. The molecule has 182 valence electrons. The van der Waals surface area contributed by atoms with E-state index in [4.69, 9.17) is 14.7 Å². The van der Waals surface area contributed by atoms with Crippen molar-refractivity contribution >= 4 is 17.7 Å². The smallest absolute Gasteiger partial charge is 0.328 e. The largest absolute Gasteiger partial charge is 0.429 e. The van der Waals surface area contributed by atoms with Gasteiger partial charge in [0.15, 0.2) is 5.82 Å². The highest BCUT2D eigenvalue weighted by Crippen LogP contribution is 2.28. The molecule has 1 aliphatic heterocycles. The summed E-state index contributed by atoms with van der Waals surface area (Å²) in [5.41, 5.74) is 1.63. The molecule has 9 heteroatoms. The molecular formula is C26H32N8O. The van der Waals surface area contributed by atoms with E-state index in [-0.39, 0.29) is 0 Å². The normalized spacial score (nSPS) is 18.3. The van der Waals surface area contributed by atoms with Gasteiger partial charge in [-0.15, -0.1) is 0 Å². The maximum atomic E-state index is 6.07. The predicted octanol–water partition coefficient (Wildman–Crippen LogP) is 5.28. The van der Waals surface area contributed by atoms with Crippen molar-refractivity contribution in [1.82, 2.24) is 30.1 Å². The topological polar surface area (TPSA) is 105 Å². The van der Waals surface area contributed by atoms with Crippen LogP contribution < -0.4 is 15.0 Å². The number of nitrogens with one attached hydrogen (secondary N) is 2. The fraction of sp³-hybridized carbons (Fsp3) is 0.423. The van der Waals surface area contributed by atoms with E-state index in [1.807, 2.05) is 36.4 Å². The van der Waals surface area contributed by atoms with Gasteiger partial charge in [-0.2, -0.15) is 20.1 Å². The van der Waals surface area contributed by atoms with Crippen LogP contribution in [-0.2, 0) is 0 Å². The first-order valence-corrected chi connectivity index (χ1v) is 12.4. The Hall–Kier alpha value is -3.75. The fourth-order valence-corrected chi connectivity index (χ4v) is 4.51. The summed E-state index contributed by atoms with van der Waals surface area (Å²) in [6, 6.07) is 7.94. The molecule has 0 saturated carbocycles. The second kappa shape index (κ2) is 10.7. The van der Waals surface area contributed by atoms with Crippen molar-refractivity contribution in [1.29, 1.82) is 0 Å². The van der Waals surface area contributed by atoms with Gasteiger partial charge in [0.1, 0.15) is 5.76 Å². The number of hydrogen-bond acceptors (Lipinski definition) is 8. The van der Waals surface area contributed by atoms with E-state index in [0.29, 0.717) is 29.6 Å². The number of rotatable bonds is 7. The molecule has 2 aliphatic rings. The Morgan fingerprint density at radius 3 is 2.89 bits per heavy atom. The first-order valence-electron chi connectivity index (χ1n) is 12.4. The lowest BCUT2D eigenvalue weighted by Crippen LogP contribution is -2.27. The van der Waals surface area contributed by atoms with Crippen molar-refractivity contribution in [2.75, 3.05) is 23.3 Å². The molecule has 1 saturated heterocycles. The predicted molar refractivity (Wildman–Crippen MR) is 136 cm³/mol. The highest BCUT2D eigenvalue weighted by Gasteiger charge is 2.23. The summed E-state index contributed by atoms with van der Waals surface area (Å²) >= 11 is 0. The van der Waals surface area contributed by atoms with Crippen LogP contribution in [0.3, 0.4) is 0 Å². The molecule has 1 atom stereocenters. The van der Waals surface area contributed by atoms with E-state index in [0.717, 1.165) is 61.8 Å². The monoisotopic (exact) mass is 472 g/mol. The summed E-state index contributed by atoms with van der Waals surface area (Å²) < 4.78 is 6.07. The van der Waals surface area contributed by atoms with Gasteiger partial charge in [0.25, 0.3) is 0 Å². The van der Waals surface area contributed by atoms with Crippen molar-refractivity contribution < 1.29 is 4.74 Å². The molecule has 0 spiro atoms. The van der Waals surface area contributed by atoms with E-state index in [1.165, 1.54) is 6.42 Å². The average molecular weight is 473 g/mol. The molecule has 1 fully saturated rings. The molecule has 3 aromatic heterocycles. The van der Waals surface area contributed by atoms with E-state index in [1.54, 1.807) is 6.20 Å². The van der Waals surface area contributed by atoms with Crippen molar-refractivity contribution in [2.24, 2.45) is 11.8 Å². The first kappa shape index (κ1) is 23.0. The Morgan fingerprint density at radius 2 is 2.09 bits per heavy atom.